The maximum absolute atomic E-state index is 9.33. The SMILES string of the molecule is N#Cc1c(Cl)cccc1C=Cc1ccc2cc(C=Cc3cccc(Cl)c3C#N)ccc2c1. The smallest absolute Gasteiger partial charge is 0.101 e. The molecule has 0 spiro atoms. The van der Waals surface area contributed by atoms with Crippen LogP contribution in [-0.2, 0) is 0 Å². The van der Waals surface area contributed by atoms with Crippen molar-refractivity contribution in [1.82, 2.24) is 0 Å². The first-order valence-electron chi connectivity index (χ1n) is 9.86. The summed E-state index contributed by atoms with van der Waals surface area (Å²) >= 11 is 12.2. The molecule has 4 aromatic carbocycles. The van der Waals surface area contributed by atoms with Crippen molar-refractivity contribution >= 4 is 58.3 Å². The topological polar surface area (TPSA) is 47.6 Å². The van der Waals surface area contributed by atoms with Gasteiger partial charge in [0.05, 0.1) is 21.2 Å². The van der Waals surface area contributed by atoms with E-state index in [2.05, 4.69) is 36.4 Å². The van der Waals surface area contributed by atoms with Gasteiger partial charge in [-0.1, -0.05) is 96.0 Å². The Labute approximate surface area is 196 Å². The van der Waals surface area contributed by atoms with E-state index in [1.807, 2.05) is 60.7 Å². The molecule has 0 aliphatic heterocycles. The van der Waals surface area contributed by atoms with Gasteiger partial charge in [0.2, 0.25) is 0 Å². The van der Waals surface area contributed by atoms with E-state index in [1.165, 1.54) is 0 Å². The van der Waals surface area contributed by atoms with Crippen LogP contribution < -0.4 is 0 Å². The van der Waals surface area contributed by atoms with Crippen LogP contribution >= 0.6 is 23.2 Å². The summed E-state index contributed by atoms with van der Waals surface area (Å²) in [6.45, 7) is 0. The Morgan fingerprint density at radius 3 is 1.41 bits per heavy atom. The zero-order valence-electron chi connectivity index (χ0n) is 16.9. The Balaban J connectivity index is 1.60. The number of hydrogen-bond donors (Lipinski definition) is 0. The van der Waals surface area contributed by atoms with Crippen molar-refractivity contribution < 1.29 is 0 Å². The molecule has 4 rings (SSSR count). The maximum Gasteiger partial charge on any atom is 0.101 e. The first kappa shape index (κ1) is 21.4. The largest absolute Gasteiger partial charge is 0.192 e. The standard InChI is InChI=1S/C28H16Cl2N2/c29-27-5-1-3-21(25(27)17-31)11-7-19-9-13-24-16-20(10-14-23(24)15-19)8-12-22-4-2-6-28(30)26(22)18-32/h1-16H. The van der Waals surface area contributed by atoms with E-state index in [-0.39, 0.29) is 0 Å². The summed E-state index contributed by atoms with van der Waals surface area (Å²) in [6.07, 6.45) is 7.76. The molecule has 0 saturated carbocycles. The van der Waals surface area contributed by atoms with Crippen LogP contribution in [0.5, 0.6) is 0 Å². The average Bonchev–Trinajstić information content (AvgIpc) is 2.81. The first-order valence-corrected chi connectivity index (χ1v) is 10.6. The predicted molar refractivity (Wildman–Crippen MR) is 134 cm³/mol. The highest BCUT2D eigenvalue weighted by Gasteiger charge is 2.04. The number of rotatable bonds is 4. The Bertz CT molecular complexity index is 1350. The molecule has 32 heavy (non-hydrogen) atoms. The molecule has 0 radical (unpaired) electrons. The average molecular weight is 451 g/mol. The Hall–Kier alpha value is -3.82. The van der Waals surface area contributed by atoms with Crippen LogP contribution in [0.15, 0.2) is 72.8 Å². The number of fused-ring (bicyclic) bond motifs is 1. The third kappa shape index (κ3) is 4.58. The maximum atomic E-state index is 9.33. The fourth-order valence-corrected chi connectivity index (χ4v) is 3.91. The van der Waals surface area contributed by atoms with Crippen LogP contribution in [0.2, 0.25) is 10.0 Å². The number of nitriles is 2. The van der Waals surface area contributed by atoms with E-state index < -0.39 is 0 Å². The molecule has 0 heterocycles. The lowest BCUT2D eigenvalue weighted by molar-refractivity contribution is 1.47. The summed E-state index contributed by atoms with van der Waals surface area (Å²) in [5.41, 5.74) is 4.59. The lowest BCUT2D eigenvalue weighted by Gasteiger charge is -2.04. The van der Waals surface area contributed by atoms with E-state index in [9.17, 15) is 10.5 Å². The van der Waals surface area contributed by atoms with Gasteiger partial charge in [-0.2, -0.15) is 10.5 Å². The molecular weight excluding hydrogens is 435 g/mol. The van der Waals surface area contributed by atoms with Crippen molar-refractivity contribution in [2.24, 2.45) is 0 Å². The number of hydrogen-bond acceptors (Lipinski definition) is 2. The number of benzene rings is 4. The molecule has 2 nitrogen and oxygen atoms in total. The monoisotopic (exact) mass is 450 g/mol. The van der Waals surface area contributed by atoms with Gasteiger partial charge >= 0.3 is 0 Å². The van der Waals surface area contributed by atoms with Gasteiger partial charge in [0.1, 0.15) is 12.1 Å². The molecule has 0 aromatic heterocycles. The lowest BCUT2D eigenvalue weighted by atomic mass is 10.0. The second kappa shape index (κ2) is 9.54. The van der Waals surface area contributed by atoms with Gasteiger partial charge in [0.25, 0.3) is 0 Å². The van der Waals surface area contributed by atoms with Crippen molar-refractivity contribution in [3.63, 3.8) is 0 Å². The van der Waals surface area contributed by atoms with E-state index in [0.29, 0.717) is 21.2 Å². The minimum atomic E-state index is 0.452. The number of halogens is 2. The summed E-state index contributed by atoms with van der Waals surface area (Å²) in [5.74, 6) is 0. The summed E-state index contributed by atoms with van der Waals surface area (Å²) < 4.78 is 0. The second-order valence-corrected chi connectivity index (χ2v) is 7.98. The lowest BCUT2D eigenvalue weighted by Crippen LogP contribution is -1.84. The van der Waals surface area contributed by atoms with E-state index >= 15 is 0 Å². The molecule has 0 saturated heterocycles. The van der Waals surface area contributed by atoms with Crippen molar-refractivity contribution in [2.45, 2.75) is 0 Å². The zero-order valence-corrected chi connectivity index (χ0v) is 18.4. The molecule has 0 aliphatic rings. The van der Waals surface area contributed by atoms with E-state index in [0.717, 1.165) is 33.0 Å². The van der Waals surface area contributed by atoms with Crippen LogP contribution in [-0.4, -0.2) is 0 Å². The number of nitrogens with zero attached hydrogens (tertiary/aromatic N) is 2. The molecule has 0 N–H and O–H groups in total. The third-order valence-corrected chi connectivity index (χ3v) is 5.74. The highest BCUT2D eigenvalue weighted by Crippen LogP contribution is 2.24. The molecule has 4 aromatic rings. The fraction of sp³-hybridized carbons (Fsp3) is 0. The summed E-state index contributed by atoms with van der Waals surface area (Å²) in [4.78, 5) is 0. The molecule has 0 bridgehead atoms. The highest BCUT2D eigenvalue weighted by molar-refractivity contribution is 6.32. The molecular formula is C28H16Cl2N2. The van der Waals surface area contributed by atoms with Gasteiger partial charge in [-0.15, -0.1) is 0 Å². The van der Waals surface area contributed by atoms with Crippen molar-refractivity contribution in [2.75, 3.05) is 0 Å². The Kier molecular flexibility index (Phi) is 6.39. The van der Waals surface area contributed by atoms with E-state index in [1.54, 1.807) is 12.1 Å². The van der Waals surface area contributed by atoms with Crippen molar-refractivity contribution in [1.29, 1.82) is 10.5 Å². The molecule has 0 unspecified atom stereocenters. The minimum absolute atomic E-state index is 0.452. The molecule has 0 atom stereocenters. The van der Waals surface area contributed by atoms with Crippen LogP contribution in [0.25, 0.3) is 35.1 Å². The fourth-order valence-electron chi connectivity index (χ4n) is 3.46. The molecule has 152 valence electrons. The van der Waals surface area contributed by atoms with Crippen molar-refractivity contribution in [3.05, 3.63) is 116 Å². The molecule has 0 aliphatic carbocycles. The Morgan fingerprint density at radius 2 is 1.00 bits per heavy atom. The molecule has 0 fully saturated rings. The van der Waals surface area contributed by atoms with Crippen LogP contribution in [0.1, 0.15) is 33.4 Å². The van der Waals surface area contributed by atoms with Crippen LogP contribution in [0.4, 0.5) is 0 Å². The summed E-state index contributed by atoms with van der Waals surface area (Å²) in [6, 6.07) is 27.6. The quantitative estimate of drug-likeness (QED) is 0.294. The van der Waals surface area contributed by atoms with Gasteiger partial charge in [0.15, 0.2) is 0 Å². The minimum Gasteiger partial charge on any atom is -0.192 e. The van der Waals surface area contributed by atoms with Crippen LogP contribution in [0, 0.1) is 22.7 Å². The molecule has 0 amide bonds. The zero-order chi connectivity index (χ0) is 22.5. The second-order valence-electron chi connectivity index (χ2n) is 7.16. The Morgan fingerprint density at radius 1 is 0.562 bits per heavy atom. The van der Waals surface area contributed by atoms with Gasteiger partial charge in [0, 0.05) is 0 Å². The molecule has 4 heteroatoms. The van der Waals surface area contributed by atoms with Crippen molar-refractivity contribution in [3.8, 4) is 12.1 Å². The van der Waals surface area contributed by atoms with Crippen LogP contribution in [0.3, 0.4) is 0 Å². The van der Waals surface area contributed by atoms with Gasteiger partial charge < -0.3 is 0 Å². The van der Waals surface area contributed by atoms with E-state index in [4.69, 9.17) is 23.2 Å². The highest BCUT2D eigenvalue weighted by atomic mass is 35.5. The van der Waals surface area contributed by atoms with Gasteiger partial charge in [-0.25, -0.2) is 0 Å². The van der Waals surface area contributed by atoms with Gasteiger partial charge in [-0.3, -0.25) is 0 Å². The predicted octanol–water partition coefficient (Wildman–Crippen LogP) is 8.23. The normalized spacial score (nSPS) is 11.1. The summed E-state index contributed by atoms with van der Waals surface area (Å²) in [7, 11) is 0. The summed E-state index contributed by atoms with van der Waals surface area (Å²) in [5, 5.41) is 21.8. The third-order valence-electron chi connectivity index (χ3n) is 5.11. The first-order chi connectivity index (χ1) is 15.6. The van der Waals surface area contributed by atoms with Gasteiger partial charge in [-0.05, 0) is 57.3 Å².